The Bertz CT molecular complexity index is 722. The first-order chi connectivity index (χ1) is 9.90. The Balaban J connectivity index is 1.94. The zero-order valence-corrected chi connectivity index (χ0v) is 13.0. The van der Waals surface area contributed by atoms with E-state index in [1.165, 1.54) is 6.07 Å². The van der Waals surface area contributed by atoms with Gasteiger partial charge in [-0.1, -0.05) is 0 Å². The van der Waals surface area contributed by atoms with Crippen LogP contribution in [0.25, 0.3) is 0 Å². The number of nitrogens with two attached hydrogens (primary N) is 1. The smallest absolute Gasteiger partial charge is 0.240 e. The highest BCUT2D eigenvalue weighted by Gasteiger charge is 2.16. The van der Waals surface area contributed by atoms with Crippen molar-refractivity contribution in [3.05, 3.63) is 41.2 Å². The van der Waals surface area contributed by atoms with Crippen molar-refractivity contribution in [2.45, 2.75) is 31.6 Å². The van der Waals surface area contributed by atoms with Gasteiger partial charge in [-0.3, -0.25) is 5.10 Å². The lowest BCUT2D eigenvalue weighted by atomic mass is 10.1. The molecule has 0 saturated heterocycles. The number of sulfonamides is 1. The molecule has 0 amide bonds. The monoisotopic (exact) mass is 308 g/mol. The highest BCUT2D eigenvalue weighted by atomic mass is 32.2. The van der Waals surface area contributed by atoms with Crippen molar-refractivity contribution in [1.82, 2.24) is 14.9 Å². The first-order valence-electron chi connectivity index (χ1n) is 6.75. The summed E-state index contributed by atoms with van der Waals surface area (Å²) in [6.07, 6.45) is 3.27. The molecule has 1 aromatic heterocycles. The molecule has 0 atom stereocenters. The maximum Gasteiger partial charge on any atom is 0.240 e. The number of rotatable bonds is 6. The fourth-order valence-electron chi connectivity index (χ4n) is 2.16. The normalized spacial score (nSPS) is 11.7. The molecule has 0 fully saturated rings. The number of nitrogen functional groups attached to an aromatic ring is 1. The lowest BCUT2D eigenvalue weighted by molar-refractivity contribution is 0.578. The van der Waals surface area contributed by atoms with Crippen LogP contribution in [0.3, 0.4) is 0 Å². The van der Waals surface area contributed by atoms with Gasteiger partial charge in [0.15, 0.2) is 0 Å². The van der Waals surface area contributed by atoms with E-state index in [1.54, 1.807) is 25.3 Å². The molecule has 2 rings (SSSR count). The number of aromatic amines is 1. The Hall–Kier alpha value is -1.86. The minimum Gasteiger partial charge on any atom is -0.399 e. The molecule has 1 aromatic carbocycles. The number of nitrogens with one attached hydrogen (secondary N) is 2. The van der Waals surface area contributed by atoms with Crippen LogP contribution in [0.5, 0.6) is 0 Å². The van der Waals surface area contributed by atoms with Crippen molar-refractivity contribution in [1.29, 1.82) is 0 Å². The summed E-state index contributed by atoms with van der Waals surface area (Å²) < 4.78 is 27.1. The van der Waals surface area contributed by atoms with Gasteiger partial charge in [0.1, 0.15) is 0 Å². The molecule has 21 heavy (non-hydrogen) atoms. The first kappa shape index (κ1) is 15.5. The summed E-state index contributed by atoms with van der Waals surface area (Å²) >= 11 is 0. The zero-order valence-electron chi connectivity index (χ0n) is 12.2. The van der Waals surface area contributed by atoms with Gasteiger partial charge in [0.25, 0.3) is 0 Å². The van der Waals surface area contributed by atoms with E-state index in [-0.39, 0.29) is 4.90 Å². The Morgan fingerprint density at radius 2 is 2.10 bits per heavy atom. The molecule has 0 aliphatic heterocycles. The van der Waals surface area contributed by atoms with E-state index in [0.717, 1.165) is 17.7 Å². The van der Waals surface area contributed by atoms with Gasteiger partial charge in [-0.05, 0) is 56.0 Å². The zero-order chi connectivity index (χ0) is 15.5. The van der Waals surface area contributed by atoms with Gasteiger partial charge in [0.05, 0.1) is 11.1 Å². The number of hydrogen-bond acceptors (Lipinski definition) is 4. The van der Waals surface area contributed by atoms with Gasteiger partial charge in [0, 0.05) is 17.9 Å². The predicted octanol–water partition coefficient (Wildman–Crippen LogP) is 1.52. The number of anilines is 1. The maximum atomic E-state index is 12.2. The van der Waals surface area contributed by atoms with E-state index < -0.39 is 10.0 Å². The highest BCUT2D eigenvalue weighted by molar-refractivity contribution is 7.89. The van der Waals surface area contributed by atoms with Crippen LogP contribution < -0.4 is 10.5 Å². The minimum absolute atomic E-state index is 0.274. The van der Waals surface area contributed by atoms with Crippen LogP contribution in [0.2, 0.25) is 0 Å². The summed E-state index contributed by atoms with van der Waals surface area (Å²) in [5, 5.41) is 6.81. The summed E-state index contributed by atoms with van der Waals surface area (Å²) in [7, 11) is -3.49. The number of nitrogens with zero attached hydrogens (tertiary/aromatic N) is 1. The fourth-order valence-corrected chi connectivity index (χ4v) is 3.46. The van der Waals surface area contributed by atoms with E-state index in [4.69, 9.17) is 5.73 Å². The molecule has 0 spiro atoms. The number of benzene rings is 1. The van der Waals surface area contributed by atoms with Crippen LogP contribution in [0.4, 0.5) is 5.69 Å². The van der Waals surface area contributed by atoms with Crippen LogP contribution in [0.15, 0.2) is 29.3 Å². The quantitative estimate of drug-likeness (QED) is 0.556. The SMILES string of the molecule is Cc1cc(N)ccc1S(=O)(=O)NCCCc1cn[nH]c1C. The van der Waals surface area contributed by atoms with Crippen molar-refractivity contribution < 1.29 is 8.42 Å². The summed E-state index contributed by atoms with van der Waals surface area (Å²) in [5.74, 6) is 0. The fraction of sp³-hybridized carbons (Fsp3) is 0.357. The largest absolute Gasteiger partial charge is 0.399 e. The highest BCUT2D eigenvalue weighted by Crippen LogP contribution is 2.17. The molecule has 0 aliphatic carbocycles. The minimum atomic E-state index is -3.49. The molecule has 2 aromatic rings. The second-order valence-electron chi connectivity index (χ2n) is 5.05. The van der Waals surface area contributed by atoms with Gasteiger partial charge in [-0.15, -0.1) is 0 Å². The third kappa shape index (κ3) is 3.83. The molecule has 0 saturated carbocycles. The Labute approximate surface area is 124 Å². The van der Waals surface area contributed by atoms with Crippen molar-refractivity contribution in [3.63, 3.8) is 0 Å². The van der Waals surface area contributed by atoms with Crippen molar-refractivity contribution in [2.75, 3.05) is 12.3 Å². The maximum absolute atomic E-state index is 12.2. The lowest BCUT2D eigenvalue weighted by Gasteiger charge is -2.09. The van der Waals surface area contributed by atoms with Crippen LogP contribution in [0.1, 0.15) is 23.2 Å². The number of aromatic nitrogens is 2. The summed E-state index contributed by atoms with van der Waals surface area (Å²) in [5.41, 5.74) is 8.97. The van der Waals surface area contributed by atoms with Crippen molar-refractivity contribution >= 4 is 15.7 Å². The Kier molecular flexibility index (Phi) is 4.64. The number of aryl methyl sites for hydroxylation is 3. The molecule has 0 bridgehead atoms. The van der Waals surface area contributed by atoms with Crippen molar-refractivity contribution in [3.8, 4) is 0 Å². The van der Waals surface area contributed by atoms with Gasteiger partial charge in [-0.2, -0.15) is 5.10 Å². The molecule has 0 unspecified atom stereocenters. The van der Waals surface area contributed by atoms with Crippen LogP contribution in [-0.4, -0.2) is 25.2 Å². The van der Waals surface area contributed by atoms with Gasteiger partial charge >= 0.3 is 0 Å². The molecule has 0 aliphatic rings. The molecule has 4 N–H and O–H groups in total. The second-order valence-corrected chi connectivity index (χ2v) is 6.78. The van der Waals surface area contributed by atoms with Gasteiger partial charge in [0.2, 0.25) is 10.0 Å². The van der Waals surface area contributed by atoms with E-state index in [0.29, 0.717) is 24.2 Å². The summed E-state index contributed by atoms with van der Waals surface area (Å²) in [6.45, 7) is 4.07. The van der Waals surface area contributed by atoms with Gasteiger partial charge in [-0.25, -0.2) is 13.1 Å². The van der Waals surface area contributed by atoms with Gasteiger partial charge < -0.3 is 5.73 Å². The predicted molar refractivity (Wildman–Crippen MR) is 82.4 cm³/mol. The van der Waals surface area contributed by atoms with E-state index in [2.05, 4.69) is 14.9 Å². The average molecular weight is 308 g/mol. The summed E-state index contributed by atoms with van der Waals surface area (Å²) in [4.78, 5) is 0.274. The van der Waals surface area contributed by atoms with E-state index in [1.807, 2.05) is 6.92 Å². The van der Waals surface area contributed by atoms with Crippen molar-refractivity contribution in [2.24, 2.45) is 0 Å². The standard InChI is InChI=1S/C14H20N4O2S/c1-10-8-13(15)5-6-14(10)21(19,20)17-7-3-4-12-9-16-18-11(12)2/h5-6,8-9,17H,3-4,7,15H2,1-2H3,(H,16,18). The second kappa shape index (κ2) is 6.28. The molecule has 7 heteroatoms. The average Bonchev–Trinajstić information content (AvgIpc) is 2.80. The van der Waals surface area contributed by atoms with Crippen LogP contribution in [0, 0.1) is 13.8 Å². The van der Waals surface area contributed by atoms with Crippen LogP contribution >= 0.6 is 0 Å². The molecular formula is C14H20N4O2S. The molecule has 1 heterocycles. The topological polar surface area (TPSA) is 101 Å². The molecule has 0 radical (unpaired) electrons. The first-order valence-corrected chi connectivity index (χ1v) is 8.23. The molecule has 114 valence electrons. The van der Waals surface area contributed by atoms with E-state index >= 15 is 0 Å². The number of H-pyrrole nitrogens is 1. The molecular weight excluding hydrogens is 288 g/mol. The van der Waals surface area contributed by atoms with Crippen LogP contribution in [-0.2, 0) is 16.4 Å². The molecule has 6 nitrogen and oxygen atoms in total. The third-order valence-electron chi connectivity index (χ3n) is 3.34. The van der Waals surface area contributed by atoms with E-state index in [9.17, 15) is 8.42 Å². The lowest BCUT2D eigenvalue weighted by Crippen LogP contribution is -2.25. The Morgan fingerprint density at radius 3 is 2.71 bits per heavy atom. The number of hydrogen-bond donors (Lipinski definition) is 3. The summed E-state index contributed by atoms with van der Waals surface area (Å²) in [6, 6.07) is 4.78. The third-order valence-corrected chi connectivity index (χ3v) is 4.96. The Morgan fingerprint density at radius 1 is 1.33 bits per heavy atom.